The van der Waals surface area contributed by atoms with Crippen LogP contribution in [-0.2, 0) is 0 Å². The van der Waals surface area contributed by atoms with Crippen molar-refractivity contribution >= 4 is 11.6 Å². The zero-order valence-corrected chi connectivity index (χ0v) is 12.6. The van der Waals surface area contributed by atoms with Gasteiger partial charge in [0.05, 0.1) is 13.2 Å². The van der Waals surface area contributed by atoms with E-state index in [0.29, 0.717) is 19.1 Å². The molecule has 0 fully saturated rings. The first-order chi connectivity index (χ1) is 9.19. The summed E-state index contributed by atoms with van der Waals surface area (Å²) in [5.41, 5.74) is 0. The van der Waals surface area contributed by atoms with E-state index in [1.165, 1.54) is 12.8 Å². The average Bonchev–Trinajstić information content (AvgIpc) is 2.39. The normalized spacial score (nSPS) is 12.2. The molecule has 0 bridgehead atoms. The number of aromatic nitrogens is 3. The summed E-state index contributed by atoms with van der Waals surface area (Å²) in [5, 5.41) is 0.0926. The summed E-state index contributed by atoms with van der Waals surface area (Å²) in [5.74, 6) is 0.519. The molecule has 1 unspecified atom stereocenters. The molecule has 0 aliphatic carbocycles. The summed E-state index contributed by atoms with van der Waals surface area (Å²) >= 11 is 5.80. The van der Waals surface area contributed by atoms with Gasteiger partial charge in [-0.25, -0.2) is 0 Å². The molecule has 1 rings (SSSR count). The molecule has 1 aromatic rings. The average molecular weight is 288 g/mol. The fourth-order valence-corrected chi connectivity index (χ4v) is 1.81. The summed E-state index contributed by atoms with van der Waals surface area (Å²) in [6, 6.07) is 0.442. The van der Waals surface area contributed by atoms with Gasteiger partial charge in [-0.2, -0.15) is 9.97 Å². The molecule has 0 aliphatic heterocycles. The first kappa shape index (κ1) is 16.0. The van der Waals surface area contributed by atoms with Crippen molar-refractivity contribution in [1.82, 2.24) is 15.0 Å². The Morgan fingerprint density at radius 1 is 1.05 bits per heavy atom. The van der Waals surface area contributed by atoms with Crippen molar-refractivity contribution in [1.29, 1.82) is 0 Å². The Balaban J connectivity index is 2.55. The molecule has 19 heavy (non-hydrogen) atoms. The lowest BCUT2D eigenvalue weighted by Gasteiger charge is -2.14. The minimum Gasteiger partial charge on any atom is -0.464 e. The minimum atomic E-state index is 0.0926. The van der Waals surface area contributed by atoms with Gasteiger partial charge in [-0.15, -0.1) is 4.98 Å². The third-order valence-corrected chi connectivity index (χ3v) is 3.00. The summed E-state index contributed by atoms with van der Waals surface area (Å²) in [6.45, 7) is 7.29. The maximum Gasteiger partial charge on any atom is 0.323 e. The van der Waals surface area contributed by atoms with Crippen LogP contribution in [0.25, 0.3) is 0 Å². The van der Waals surface area contributed by atoms with Crippen molar-refractivity contribution in [3.63, 3.8) is 0 Å². The van der Waals surface area contributed by atoms with E-state index in [2.05, 4.69) is 28.8 Å². The Hall–Kier alpha value is -1.10. The van der Waals surface area contributed by atoms with Gasteiger partial charge in [-0.1, -0.05) is 33.1 Å². The van der Waals surface area contributed by atoms with Crippen LogP contribution < -0.4 is 9.47 Å². The van der Waals surface area contributed by atoms with Gasteiger partial charge in [0.1, 0.15) is 0 Å². The molecule has 0 radical (unpaired) electrons. The van der Waals surface area contributed by atoms with E-state index in [0.717, 1.165) is 12.8 Å². The molecule has 0 aliphatic rings. The first-order valence-corrected chi connectivity index (χ1v) is 7.24. The lowest BCUT2D eigenvalue weighted by Crippen LogP contribution is -2.13. The first-order valence-electron chi connectivity index (χ1n) is 6.86. The number of hydrogen-bond donors (Lipinski definition) is 0. The van der Waals surface area contributed by atoms with E-state index >= 15 is 0 Å². The minimum absolute atomic E-state index is 0.0926. The van der Waals surface area contributed by atoms with Crippen molar-refractivity contribution in [2.75, 3.05) is 13.2 Å². The van der Waals surface area contributed by atoms with Crippen molar-refractivity contribution in [3.05, 3.63) is 5.28 Å². The number of hydrogen-bond acceptors (Lipinski definition) is 5. The highest BCUT2D eigenvalue weighted by atomic mass is 35.5. The van der Waals surface area contributed by atoms with E-state index in [1.807, 2.05) is 6.92 Å². The second-order valence-electron chi connectivity index (χ2n) is 4.33. The molecule has 0 saturated heterocycles. The molecule has 6 heteroatoms. The predicted molar refractivity (Wildman–Crippen MR) is 74.8 cm³/mol. The summed E-state index contributed by atoms with van der Waals surface area (Å²) in [4.78, 5) is 11.9. The third kappa shape index (κ3) is 6.05. The maximum absolute atomic E-state index is 5.80. The van der Waals surface area contributed by atoms with Crippen molar-refractivity contribution < 1.29 is 9.47 Å². The Morgan fingerprint density at radius 2 is 1.74 bits per heavy atom. The summed E-state index contributed by atoms with van der Waals surface area (Å²) in [6.07, 6.45) is 4.65. The topological polar surface area (TPSA) is 57.1 Å². The molecule has 0 spiro atoms. The Kier molecular flexibility index (Phi) is 7.48. The van der Waals surface area contributed by atoms with Crippen LogP contribution in [0.2, 0.25) is 5.28 Å². The van der Waals surface area contributed by atoms with Gasteiger partial charge in [0.15, 0.2) is 0 Å². The molecule has 5 nitrogen and oxygen atoms in total. The Morgan fingerprint density at radius 3 is 2.32 bits per heavy atom. The zero-order valence-electron chi connectivity index (χ0n) is 11.9. The van der Waals surface area contributed by atoms with Crippen LogP contribution >= 0.6 is 11.6 Å². The molecule has 0 saturated carbocycles. The Bertz CT molecular complexity index is 377. The van der Waals surface area contributed by atoms with Crippen molar-refractivity contribution in [2.24, 2.45) is 5.92 Å². The number of ether oxygens (including phenoxy) is 2. The van der Waals surface area contributed by atoms with Crippen molar-refractivity contribution in [3.8, 4) is 12.0 Å². The smallest absolute Gasteiger partial charge is 0.323 e. The highest BCUT2D eigenvalue weighted by Gasteiger charge is 2.11. The molecule has 1 heterocycles. The van der Waals surface area contributed by atoms with Gasteiger partial charge < -0.3 is 9.47 Å². The number of unbranched alkanes of at least 4 members (excludes halogenated alkanes) is 1. The van der Waals surface area contributed by atoms with E-state index in [-0.39, 0.29) is 17.3 Å². The van der Waals surface area contributed by atoms with E-state index < -0.39 is 0 Å². The monoisotopic (exact) mass is 287 g/mol. The summed E-state index contributed by atoms with van der Waals surface area (Å²) < 4.78 is 10.8. The lowest BCUT2D eigenvalue weighted by molar-refractivity contribution is 0.211. The van der Waals surface area contributed by atoms with Crippen LogP contribution in [0.1, 0.15) is 46.5 Å². The molecule has 0 aromatic carbocycles. The molecule has 1 atom stereocenters. The van der Waals surface area contributed by atoms with Gasteiger partial charge >= 0.3 is 12.0 Å². The fourth-order valence-electron chi connectivity index (χ4n) is 1.66. The van der Waals surface area contributed by atoms with Crippen LogP contribution in [0.15, 0.2) is 0 Å². The molecular formula is C13H22ClN3O2. The van der Waals surface area contributed by atoms with E-state index in [1.54, 1.807) is 0 Å². The van der Waals surface area contributed by atoms with Crippen LogP contribution in [0.5, 0.6) is 12.0 Å². The van der Waals surface area contributed by atoms with E-state index in [9.17, 15) is 0 Å². The quantitative estimate of drug-likeness (QED) is 0.695. The van der Waals surface area contributed by atoms with Crippen LogP contribution in [0.3, 0.4) is 0 Å². The standard InChI is InChI=1S/C13H22ClN3O2/c1-4-7-8-10(5-2)9-19-13-16-11(14)15-12(17-13)18-6-3/h10H,4-9H2,1-3H3. The lowest BCUT2D eigenvalue weighted by atomic mass is 10.0. The van der Waals surface area contributed by atoms with Crippen LogP contribution in [0.4, 0.5) is 0 Å². The molecule has 0 amide bonds. The molecule has 0 N–H and O–H groups in total. The van der Waals surface area contributed by atoms with Crippen LogP contribution in [-0.4, -0.2) is 28.2 Å². The summed E-state index contributed by atoms with van der Waals surface area (Å²) in [7, 11) is 0. The highest BCUT2D eigenvalue weighted by Crippen LogP contribution is 2.17. The second kappa shape index (κ2) is 8.91. The fraction of sp³-hybridized carbons (Fsp3) is 0.769. The highest BCUT2D eigenvalue weighted by molar-refractivity contribution is 6.28. The Labute approximate surface area is 119 Å². The predicted octanol–water partition coefficient (Wildman–Crippen LogP) is 3.52. The van der Waals surface area contributed by atoms with Gasteiger partial charge in [-0.05, 0) is 30.9 Å². The third-order valence-electron chi connectivity index (χ3n) is 2.83. The van der Waals surface area contributed by atoms with Gasteiger partial charge in [0.25, 0.3) is 0 Å². The van der Waals surface area contributed by atoms with Gasteiger partial charge in [-0.3, -0.25) is 0 Å². The SMILES string of the molecule is CCCCC(CC)COc1nc(Cl)nc(OCC)n1. The van der Waals surface area contributed by atoms with Gasteiger partial charge in [0, 0.05) is 0 Å². The van der Waals surface area contributed by atoms with Gasteiger partial charge in [0.2, 0.25) is 5.28 Å². The van der Waals surface area contributed by atoms with E-state index in [4.69, 9.17) is 21.1 Å². The van der Waals surface area contributed by atoms with Crippen molar-refractivity contribution in [2.45, 2.75) is 46.5 Å². The number of halogens is 1. The zero-order chi connectivity index (χ0) is 14.1. The molecule has 108 valence electrons. The largest absolute Gasteiger partial charge is 0.464 e. The van der Waals surface area contributed by atoms with Crippen LogP contribution in [0, 0.1) is 5.92 Å². The maximum atomic E-state index is 5.80. The molecular weight excluding hydrogens is 266 g/mol. The number of rotatable bonds is 9. The second-order valence-corrected chi connectivity index (χ2v) is 4.67. The molecule has 1 aromatic heterocycles. The number of nitrogens with zero attached hydrogens (tertiary/aromatic N) is 3.